The number of hydrogen-bond donors (Lipinski definition) is 1. The number of piperazine rings is 1. The van der Waals surface area contributed by atoms with Crippen molar-refractivity contribution in [2.75, 3.05) is 38.6 Å². The van der Waals surface area contributed by atoms with E-state index < -0.39 is 5.82 Å². The SMILES string of the molecule is COc1ccc(CN2CCN(C(=O)Nc3ccc(C)cc3F)CC2)cc1F. The van der Waals surface area contributed by atoms with Crippen LogP contribution >= 0.6 is 0 Å². The van der Waals surface area contributed by atoms with E-state index in [1.165, 1.54) is 19.2 Å². The maximum atomic E-state index is 13.9. The van der Waals surface area contributed by atoms with E-state index in [1.54, 1.807) is 30.0 Å². The summed E-state index contributed by atoms with van der Waals surface area (Å²) < 4.78 is 32.6. The number of nitrogens with one attached hydrogen (secondary N) is 1. The first-order chi connectivity index (χ1) is 13.0. The Morgan fingerprint density at radius 1 is 1.07 bits per heavy atom. The summed E-state index contributed by atoms with van der Waals surface area (Å²) in [5.41, 5.74) is 1.84. The van der Waals surface area contributed by atoms with Crippen molar-refractivity contribution >= 4 is 11.7 Å². The number of methoxy groups -OCH3 is 1. The molecule has 0 atom stereocenters. The number of rotatable bonds is 4. The van der Waals surface area contributed by atoms with E-state index in [9.17, 15) is 13.6 Å². The van der Waals surface area contributed by atoms with Crippen LogP contribution in [-0.2, 0) is 6.54 Å². The van der Waals surface area contributed by atoms with Gasteiger partial charge in [-0.05, 0) is 42.3 Å². The second-order valence-electron chi connectivity index (χ2n) is 6.65. The molecular formula is C20H23F2N3O2. The van der Waals surface area contributed by atoms with Gasteiger partial charge in [-0.15, -0.1) is 0 Å². The van der Waals surface area contributed by atoms with E-state index in [0.29, 0.717) is 32.7 Å². The van der Waals surface area contributed by atoms with Gasteiger partial charge in [-0.3, -0.25) is 4.90 Å². The third kappa shape index (κ3) is 4.74. The van der Waals surface area contributed by atoms with Crippen molar-refractivity contribution in [2.24, 2.45) is 0 Å². The van der Waals surface area contributed by atoms with Gasteiger partial charge < -0.3 is 15.0 Å². The molecule has 0 spiro atoms. The van der Waals surface area contributed by atoms with Crippen LogP contribution in [0.15, 0.2) is 36.4 Å². The second kappa shape index (κ2) is 8.35. The Hall–Kier alpha value is -2.67. The van der Waals surface area contributed by atoms with Crippen LogP contribution in [0.5, 0.6) is 5.75 Å². The maximum Gasteiger partial charge on any atom is 0.322 e. The highest BCUT2D eigenvalue weighted by molar-refractivity contribution is 5.89. The Labute approximate surface area is 157 Å². The molecule has 144 valence electrons. The van der Waals surface area contributed by atoms with Crippen LogP contribution < -0.4 is 10.1 Å². The molecule has 27 heavy (non-hydrogen) atoms. The molecule has 1 aliphatic rings. The molecule has 3 rings (SSSR count). The standard InChI is InChI=1S/C20H23F2N3O2/c1-14-3-5-18(16(21)11-14)23-20(26)25-9-7-24(8-10-25)13-15-4-6-19(27-2)17(22)12-15/h3-6,11-12H,7-10,13H2,1-2H3,(H,23,26). The van der Waals surface area contributed by atoms with E-state index in [4.69, 9.17) is 4.74 Å². The van der Waals surface area contributed by atoms with Gasteiger partial charge in [0.25, 0.3) is 0 Å². The lowest BCUT2D eigenvalue weighted by Crippen LogP contribution is -2.49. The number of amides is 2. The Morgan fingerprint density at radius 2 is 1.81 bits per heavy atom. The smallest absolute Gasteiger partial charge is 0.322 e. The summed E-state index contributed by atoms with van der Waals surface area (Å²) in [4.78, 5) is 16.2. The first kappa shape index (κ1) is 19.1. The third-order valence-electron chi connectivity index (χ3n) is 4.65. The first-order valence-electron chi connectivity index (χ1n) is 8.83. The van der Waals surface area contributed by atoms with Crippen LogP contribution in [0, 0.1) is 18.6 Å². The van der Waals surface area contributed by atoms with E-state index in [0.717, 1.165) is 11.1 Å². The fourth-order valence-corrected chi connectivity index (χ4v) is 3.09. The molecule has 2 aromatic rings. The number of halogens is 2. The van der Waals surface area contributed by atoms with E-state index >= 15 is 0 Å². The molecule has 0 aromatic heterocycles. The number of hydrogen-bond acceptors (Lipinski definition) is 3. The molecule has 1 saturated heterocycles. The lowest BCUT2D eigenvalue weighted by Gasteiger charge is -2.34. The molecule has 0 bridgehead atoms. The lowest BCUT2D eigenvalue weighted by atomic mass is 10.2. The van der Waals surface area contributed by atoms with E-state index in [-0.39, 0.29) is 23.3 Å². The summed E-state index contributed by atoms with van der Waals surface area (Å²) >= 11 is 0. The number of carbonyl (C=O) groups excluding carboxylic acids is 1. The van der Waals surface area contributed by atoms with Crippen LogP contribution in [0.4, 0.5) is 19.3 Å². The number of carbonyl (C=O) groups is 1. The van der Waals surface area contributed by atoms with Gasteiger partial charge in [0.15, 0.2) is 11.6 Å². The van der Waals surface area contributed by atoms with Crippen LogP contribution in [0.1, 0.15) is 11.1 Å². The van der Waals surface area contributed by atoms with Gasteiger partial charge in [-0.25, -0.2) is 13.6 Å². The molecule has 1 fully saturated rings. The Balaban J connectivity index is 1.52. The summed E-state index contributed by atoms with van der Waals surface area (Å²) in [5.74, 6) is -0.597. The number of benzene rings is 2. The molecular weight excluding hydrogens is 352 g/mol. The second-order valence-corrected chi connectivity index (χ2v) is 6.65. The van der Waals surface area contributed by atoms with Crippen molar-refractivity contribution in [3.8, 4) is 5.75 Å². The minimum atomic E-state index is -0.441. The van der Waals surface area contributed by atoms with Crippen LogP contribution in [0.3, 0.4) is 0 Å². The van der Waals surface area contributed by atoms with Crippen molar-refractivity contribution in [2.45, 2.75) is 13.5 Å². The normalized spacial score (nSPS) is 14.9. The Bertz CT molecular complexity index is 821. The molecule has 0 radical (unpaired) electrons. The van der Waals surface area contributed by atoms with Crippen molar-refractivity contribution < 1.29 is 18.3 Å². The van der Waals surface area contributed by atoms with Crippen molar-refractivity contribution in [1.29, 1.82) is 0 Å². The molecule has 0 saturated carbocycles. The van der Waals surface area contributed by atoms with Crippen molar-refractivity contribution in [1.82, 2.24) is 9.80 Å². The summed E-state index contributed by atoms with van der Waals surface area (Å²) in [7, 11) is 1.44. The fraction of sp³-hybridized carbons (Fsp3) is 0.350. The summed E-state index contributed by atoms with van der Waals surface area (Å²) in [5, 5.41) is 2.62. The summed E-state index contributed by atoms with van der Waals surface area (Å²) in [6, 6.07) is 9.32. The topological polar surface area (TPSA) is 44.8 Å². The fourth-order valence-electron chi connectivity index (χ4n) is 3.09. The van der Waals surface area contributed by atoms with E-state index in [1.807, 2.05) is 6.07 Å². The maximum absolute atomic E-state index is 13.9. The Kier molecular flexibility index (Phi) is 5.91. The van der Waals surface area contributed by atoms with Crippen molar-refractivity contribution in [3.05, 3.63) is 59.2 Å². The first-order valence-corrected chi connectivity index (χ1v) is 8.83. The third-order valence-corrected chi connectivity index (χ3v) is 4.65. The van der Waals surface area contributed by atoms with Crippen LogP contribution in [-0.4, -0.2) is 49.1 Å². The van der Waals surface area contributed by atoms with E-state index in [2.05, 4.69) is 10.2 Å². The predicted octanol–water partition coefficient (Wildman–Crippen LogP) is 3.63. The zero-order valence-corrected chi connectivity index (χ0v) is 15.5. The highest BCUT2D eigenvalue weighted by atomic mass is 19.1. The Morgan fingerprint density at radius 3 is 2.44 bits per heavy atom. The molecule has 5 nitrogen and oxygen atoms in total. The molecule has 0 unspecified atom stereocenters. The number of ether oxygens (including phenoxy) is 1. The molecule has 0 aliphatic carbocycles. The average Bonchev–Trinajstić information content (AvgIpc) is 2.65. The zero-order valence-electron chi connectivity index (χ0n) is 15.5. The molecule has 7 heteroatoms. The molecule has 1 N–H and O–H groups in total. The number of anilines is 1. The van der Waals surface area contributed by atoms with Gasteiger partial charge >= 0.3 is 6.03 Å². The van der Waals surface area contributed by atoms with Crippen molar-refractivity contribution in [3.63, 3.8) is 0 Å². The highest BCUT2D eigenvalue weighted by Crippen LogP contribution is 2.20. The van der Waals surface area contributed by atoms with Gasteiger partial charge in [0.05, 0.1) is 12.8 Å². The van der Waals surface area contributed by atoms with Gasteiger partial charge in [0.1, 0.15) is 5.82 Å². The van der Waals surface area contributed by atoms with Crippen LogP contribution in [0.2, 0.25) is 0 Å². The largest absolute Gasteiger partial charge is 0.494 e. The quantitative estimate of drug-likeness (QED) is 0.888. The zero-order chi connectivity index (χ0) is 19.4. The van der Waals surface area contributed by atoms with Gasteiger partial charge in [0.2, 0.25) is 0 Å². The molecule has 2 aromatic carbocycles. The minimum Gasteiger partial charge on any atom is -0.494 e. The minimum absolute atomic E-state index is 0.182. The van der Waals surface area contributed by atoms with Gasteiger partial charge in [-0.2, -0.15) is 0 Å². The lowest BCUT2D eigenvalue weighted by molar-refractivity contribution is 0.143. The van der Waals surface area contributed by atoms with Gasteiger partial charge in [0, 0.05) is 32.7 Å². The van der Waals surface area contributed by atoms with Crippen LogP contribution in [0.25, 0.3) is 0 Å². The van der Waals surface area contributed by atoms with Gasteiger partial charge in [-0.1, -0.05) is 12.1 Å². The predicted molar refractivity (Wildman–Crippen MR) is 100.0 cm³/mol. The number of urea groups is 1. The summed E-state index contributed by atoms with van der Waals surface area (Å²) in [6.45, 7) is 4.77. The monoisotopic (exact) mass is 375 g/mol. The number of aryl methyl sites for hydroxylation is 1. The highest BCUT2D eigenvalue weighted by Gasteiger charge is 2.22. The molecule has 2 amide bonds. The average molecular weight is 375 g/mol. The molecule has 1 heterocycles. The molecule has 1 aliphatic heterocycles. The number of nitrogens with zero attached hydrogens (tertiary/aromatic N) is 2. The summed E-state index contributed by atoms with van der Waals surface area (Å²) in [6.07, 6.45) is 0.